The molecule has 1 fully saturated rings. The van der Waals surface area contributed by atoms with Gasteiger partial charge in [0.15, 0.2) is 0 Å². The zero-order valence-electron chi connectivity index (χ0n) is 8.38. The number of ether oxygens (including phenoxy) is 1. The maximum atomic E-state index is 5.36. The highest BCUT2D eigenvalue weighted by atomic mass is 16.5. The Balaban J connectivity index is 1.90. The lowest BCUT2D eigenvalue weighted by atomic mass is 10.3. The van der Waals surface area contributed by atoms with Crippen LogP contribution in [0.4, 0.5) is 0 Å². The second-order valence-electron chi connectivity index (χ2n) is 3.49. The van der Waals surface area contributed by atoms with Gasteiger partial charge in [0.05, 0.1) is 13.2 Å². The number of nitrogens with one attached hydrogen (secondary N) is 1. The fourth-order valence-electron chi connectivity index (χ4n) is 0.995. The fourth-order valence-corrected chi connectivity index (χ4v) is 0.995. The maximum Gasteiger partial charge on any atom is 0.0690 e. The quantitative estimate of drug-likeness (QED) is 0.478. The van der Waals surface area contributed by atoms with E-state index < -0.39 is 0 Å². The van der Waals surface area contributed by atoms with Crippen molar-refractivity contribution in [3.63, 3.8) is 0 Å². The Bertz CT molecular complexity index is 183. The van der Waals surface area contributed by atoms with Gasteiger partial charge in [-0.1, -0.05) is 18.7 Å². The van der Waals surface area contributed by atoms with Crippen molar-refractivity contribution in [2.75, 3.05) is 19.8 Å². The third-order valence-electron chi connectivity index (χ3n) is 1.97. The van der Waals surface area contributed by atoms with Crippen LogP contribution in [0.5, 0.6) is 0 Å². The first kappa shape index (κ1) is 10.5. The number of rotatable bonds is 7. The van der Waals surface area contributed by atoms with E-state index in [9.17, 15) is 0 Å². The van der Waals surface area contributed by atoms with Crippen molar-refractivity contribution in [2.24, 2.45) is 0 Å². The van der Waals surface area contributed by atoms with E-state index in [2.05, 4.69) is 11.9 Å². The molecule has 0 atom stereocenters. The molecule has 0 aromatic heterocycles. The van der Waals surface area contributed by atoms with Gasteiger partial charge in [-0.25, -0.2) is 0 Å². The highest BCUT2D eigenvalue weighted by molar-refractivity contribution is 4.99. The van der Waals surface area contributed by atoms with Crippen LogP contribution in [0.3, 0.4) is 0 Å². The standard InChI is InChI=1S/C11H19NO/c1-3-4-7-13-9-10(2)8-12-11-5-6-11/h3-4,11-12H,2,5-9H2,1H3/b4-3+. The van der Waals surface area contributed by atoms with Gasteiger partial charge in [0, 0.05) is 12.6 Å². The Kier molecular flexibility index (Phi) is 4.79. The zero-order chi connectivity index (χ0) is 9.52. The van der Waals surface area contributed by atoms with Gasteiger partial charge < -0.3 is 10.1 Å². The first-order valence-electron chi connectivity index (χ1n) is 4.92. The molecule has 0 saturated heterocycles. The van der Waals surface area contributed by atoms with Crippen LogP contribution in [0.15, 0.2) is 24.3 Å². The average Bonchev–Trinajstić information content (AvgIpc) is 2.92. The predicted molar refractivity (Wildman–Crippen MR) is 55.8 cm³/mol. The molecule has 74 valence electrons. The van der Waals surface area contributed by atoms with Crippen LogP contribution in [-0.4, -0.2) is 25.8 Å². The van der Waals surface area contributed by atoms with E-state index in [-0.39, 0.29) is 0 Å². The molecule has 1 aliphatic rings. The summed E-state index contributed by atoms with van der Waals surface area (Å²) in [5, 5.41) is 3.40. The smallest absolute Gasteiger partial charge is 0.0690 e. The average molecular weight is 181 g/mol. The molecule has 1 aliphatic carbocycles. The molecule has 0 heterocycles. The largest absolute Gasteiger partial charge is 0.373 e. The molecule has 0 radical (unpaired) electrons. The Morgan fingerprint density at radius 2 is 2.38 bits per heavy atom. The lowest BCUT2D eigenvalue weighted by molar-refractivity contribution is 0.185. The van der Waals surface area contributed by atoms with Gasteiger partial charge in [-0.15, -0.1) is 0 Å². The van der Waals surface area contributed by atoms with E-state index in [1.54, 1.807) is 0 Å². The SMILES string of the molecule is C=C(CNC1CC1)COC/C=C/C. The van der Waals surface area contributed by atoms with E-state index in [4.69, 9.17) is 4.74 Å². The number of hydrogen-bond acceptors (Lipinski definition) is 2. The van der Waals surface area contributed by atoms with Crippen LogP contribution in [0, 0.1) is 0 Å². The van der Waals surface area contributed by atoms with Crippen LogP contribution in [0.1, 0.15) is 19.8 Å². The lowest BCUT2D eigenvalue weighted by Gasteiger charge is -2.06. The summed E-state index contributed by atoms with van der Waals surface area (Å²) in [7, 11) is 0. The summed E-state index contributed by atoms with van der Waals surface area (Å²) in [6.07, 6.45) is 6.65. The molecule has 0 aliphatic heterocycles. The van der Waals surface area contributed by atoms with Gasteiger partial charge in [-0.2, -0.15) is 0 Å². The van der Waals surface area contributed by atoms with Crippen LogP contribution in [-0.2, 0) is 4.74 Å². The molecular formula is C11H19NO. The third kappa shape index (κ3) is 5.61. The summed E-state index contributed by atoms with van der Waals surface area (Å²) in [6.45, 7) is 8.20. The second kappa shape index (κ2) is 5.95. The molecule has 0 unspecified atom stereocenters. The fraction of sp³-hybridized carbons (Fsp3) is 0.636. The van der Waals surface area contributed by atoms with Gasteiger partial charge in [0.1, 0.15) is 0 Å². The molecule has 0 bridgehead atoms. The highest BCUT2D eigenvalue weighted by Gasteiger charge is 2.19. The van der Waals surface area contributed by atoms with Crippen LogP contribution in [0.2, 0.25) is 0 Å². The van der Waals surface area contributed by atoms with Crippen molar-refractivity contribution >= 4 is 0 Å². The molecule has 2 heteroatoms. The van der Waals surface area contributed by atoms with Crippen LogP contribution in [0.25, 0.3) is 0 Å². The van der Waals surface area contributed by atoms with Crippen molar-refractivity contribution in [1.82, 2.24) is 5.32 Å². The summed E-state index contributed by atoms with van der Waals surface area (Å²) < 4.78 is 5.36. The van der Waals surface area contributed by atoms with Gasteiger partial charge in [-0.3, -0.25) is 0 Å². The molecule has 1 saturated carbocycles. The maximum absolute atomic E-state index is 5.36. The van der Waals surface area contributed by atoms with E-state index >= 15 is 0 Å². The van der Waals surface area contributed by atoms with E-state index in [0.29, 0.717) is 13.2 Å². The second-order valence-corrected chi connectivity index (χ2v) is 3.49. The van der Waals surface area contributed by atoms with Gasteiger partial charge in [0.2, 0.25) is 0 Å². The molecule has 0 aromatic carbocycles. The summed E-state index contributed by atoms with van der Waals surface area (Å²) in [5.74, 6) is 0. The minimum Gasteiger partial charge on any atom is -0.373 e. The summed E-state index contributed by atoms with van der Waals surface area (Å²) in [6, 6.07) is 0.757. The van der Waals surface area contributed by atoms with Gasteiger partial charge >= 0.3 is 0 Å². The Labute approximate surface area is 80.7 Å². The van der Waals surface area contributed by atoms with E-state index in [0.717, 1.165) is 18.2 Å². The summed E-state index contributed by atoms with van der Waals surface area (Å²) in [4.78, 5) is 0. The van der Waals surface area contributed by atoms with Crippen molar-refractivity contribution in [3.05, 3.63) is 24.3 Å². The van der Waals surface area contributed by atoms with Crippen LogP contribution < -0.4 is 5.32 Å². The number of hydrogen-bond donors (Lipinski definition) is 1. The molecule has 13 heavy (non-hydrogen) atoms. The van der Waals surface area contributed by atoms with Crippen molar-refractivity contribution in [3.8, 4) is 0 Å². The molecule has 0 aromatic rings. The molecule has 0 amide bonds. The van der Waals surface area contributed by atoms with Crippen LogP contribution >= 0.6 is 0 Å². The van der Waals surface area contributed by atoms with Gasteiger partial charge in [-0.05, 0) is 25.3 Å². The minimum atomic E-state index is 0.671. The molecule has 1 N–H and O–H groups in total. The van der Waals surface area contributed by atoms with E-state index in [1.807, 2.05) is 19.1 Å². The Morgan fingerprint density at radius 1 is 1.62 bits per heavy atom. The Morgan fingerprint density at radius 3 is 3.00 bits per heavy atom. The summed E-state index contributed by atoms with van der Waals surface area (Å²) >= 11 is 0. The van der Waals surface area contributed by atoms with E-state index in [1.165, 1.54) is 12.8 Å². The first-order valence-corrected chi connectivity index (χ1v) is 4.92. The van der Waals surface area contributed by atoms with Crippen molar-refractivity contribution in [2.45, 2.75) is 25.8 Å². The predicted octanol–water partition coefficient (Wildman–Crippen LogP) is 1.89. The first-order chi connectivity index (χ1) is 6.33. The van der Waals surface area contributed by atoms with Gasteiger partial charge in [0.25, 0.3) is 0 Å². The monoisotopic (exact) mass is 181 g/mol. The molecule has 0 spiro atoms. The molecule has 1 rings (SSSR count). The third-order valence-corrected chi connectivity index (χ3v) is 1.97. The number of allylic oxidation sites excluding steroid dienone is 1. The summed E-state index contributed by atoms with van der Waals surface area (Å²) in [5.41, 5.74) is 1.14. The topological polar surface area (TPSA) is 21.3 Å². The normalized spacial score (nSPS) is 16.7. The minimum absolute atomic E-state index is 0.671. The zero-order valence-corrected chi connectivity index (χ0v) is 8.38. The Hall–Kier alpha value is -0.600. The molecule has 2 nitrogen and oxygen atoms in total. The van der Waals surface area contributed by atoms with Crippen molar-refractivity contribution < 1.29 is 4.74 Å². The lowest BCUT2D eigenvalue weighted by Crippen LogP contribution is -2.20. The molecular weight excluding hydrogens is 162 g/mol. The highest BCUT2D eigenvalue weighted by Crippen LogP contribution is 2.18. The van der Waals surface area contributed by atoms with Crippen molar-refractivity contribution in [1.29, 1.82) is 0 Å².